The zero-order valence-corrected chi connectivity index (χ0v) is 7.07. The predicted octanol–water partition coefficient (Wildman–Crippen LogP) is 1.81. The lowest BCUT2D eigenvalue weighted by Gasteiger charge is -2.00. The Bertz CT molecular complexity index is 511. The molecule has 1 aromatic heterocycles. The van der Waals surface area contributed by atoms with Crippen LogP contribution in [0.4, 0.5) is 0 Å². The minimum absolute atomic E-state index is 0.00634. The number of para-hydroxylation sites is 1. The van der Waals surface area contributed by atoms with E-state index in [-0.39, 0.29) is 11.3 Å². The first-order valence-electron chi connectivity index (χ1n) is 3.91. The second-order valence-corrected chi connectivity index (χ2v) is 2.86. The van der Waals surface area contributed by atoms with E-state index in [0.29, 0.717) is 11.0 Å². The molecule has 0 amide bonds. The Morgan fingerprint density at radius 1 is 1.31 bits per heavy atom. The summed E-state index contributed by atoms with van der Waals surface area (Å²) in [6.07, 6.45) is 0. The van der Waals surface area contributed by atoms with Gasteiger partial charge >= 0.3 is 5.63 Å². The first kappa shape index (κ1) is 7.86. The maximum absolute atomic E-state index is 11.1. The molecule has 2 rings (SSSR count). The zero-order valence-electron chi connectivity index (χ0n) is 7.07. The Balaban J connectivity index is 3.02. The van der Waals surface area contributed by atoms with Gasteiger partial charge in [0.25, 0.3) is 0 Å². The third-order valence-electron chi connectivity index (χ3n) is 2.01. The highest BCUT2D eigenvalue weighted by Gasteiger charge is 2.07. The van der Waals surface area contributed by atoms with Crippen molar-refractivity contribution in [3.05, 3.63) is 40.2 Å². The Kier molecular flexibility index (Phi) is 1.59. The van der Waals surface area contributed by atoms with Crippen LogP contribution in [-0.4, -0.2) is 5.11 Å². The minimum atomic E-state index is -0.490. The van der Waals surface area contributed by atoms with Crippen molar-refractivity contribution in [3.63, 3.8) is 0 Å². The summed E-state index contributed by atoms with van der Waals surface area (Å²) >= 11 is 0. The highest BCUT2D eigenvalue weighted by Crippen LogP contribution is 2.24. The lowest BCUT2D eigenvalue weighted by atomic mass is 10.2. The fourth-order valence-corrected chi connectivity index (χ4v) is 1.23. The number of rotatable bonds is 0. The van der Waals surface area contributed by atoms with Gasteiger partial charge in [-0.25, -0.2) is 4.79 Å². The number of aromatic hydroxyl groups is 1. The highest BCUT2D eigenvalue weighted by atomic mass is 16.4. The average Bonchev–Trinajstić information content (AvgIpc) is 2.15. The summed E-state index contributed by atoms with van der Waals surface area (Å²) < 4.78 is 4.96. The second-order valence-electron chi connectivity index (χ2n) is 2.86. The van der Waals surface area contributed by atoms with E-state index in [0.717, 1.165) is 0 Å². The van der Waals surface area contributed by atoms with Gasteiger partial charge in [0.2, 0.25) is 0 Å². The molecular weight excluding hydrogens is 168 g/mol. The van der Waals surface area contributed by atoms with Gasteiger partial charge < -0.3 is 9.52 Å². The molecule has 0 saturated heterocycles. The van der Waals surface area contributed by atoms with Crippen LogP contribution in [0.5, 0.6) is 5.75 Å². The Hall–Kier alpha value is -1.77. The fourth-order valence-electron chi connectivity index (χ4n) is 1.23. The molecule has 3 heteroatoms. The summed E-state index contributed by atoms with van der Waals surface area (Å²) in [5, 5.41) is 10.1. The van der Waals surface area contributed by atoms with Gasteiger partial charge in [-0.1, -0.05) is 12.1 Å². The van der Waals surface area contributed by atoms with Crippen LogP contribution in [0.25, 0.3) is 11.0 Å². The molecule has 13 heavy (non-hydrogen) atoms. The SMILES string of the molecule is Cc1c(O)c2ccccc2oc1=O. The van der Waals surface area contributed by atoms with Crippen molar-refractivity contribution in [1.82, 2.24) is 0 Å². The third kappa shape index (κ3) is 1.09. The molecule has 0 atom stereocenters. The molecular formula is C10H8O3. The molecule has 0 bridgehead atoms. The molecule has 1 aromatic carbocycles. The Morgan fingerprint density at radius 3 is 2.77 bits per heavy atom. The smallest absolute Gasteiger partial charge is 0.342 e. The van der Waals surface area contributed by atoms with Gasteiger partial charge in [0, 0.05) is 0 Å². The van der Waals surface area contributed by atoms with Crippen molar-refractivity contribution in [2.45, 2.75) is 6.92 Å². The molecule has 0 aliphatic heterocycles. The lowest BCUT2D eigenvalue weighted by Crippen LogP contribution is -2.02. The van der Waals surface area contributed by atoms with E-state index in [1.807, 2.05) is 0 Å². The summed E-state index contributed by atoms with van der Waals surface area (Å²) in [6.45, 7) is 1.54. The molecule has 0 aliphatic rings. The van der Waals surface area contributed by atoms with Crippen molar-refractivity contribution < 1.29 is 9.52 Å². The number of benzene rings is 1. The van der Waals surface area contributed by atoms with Crippen LogP contribution in [0.15, 0.2) is 33.5 Å². The van der Waals surface area contributed by atoms with Gasteiger partial charge in [-0.05, 0) is 19.1 Å². The maximum atomic E-state index is 11.1. The quantitative estimate of drug-likeness (QED) is 0.623. The van der Waals surface area contributed by atoms with Crippen LogP contribution in [0.2, 0.25) is 0 Å². The van der Waals surface area contributed by atoms with E-state index in [2.05, 4.69) is 0 Å². The van der Waals surface area contributed by atoms with Gasteiger partial charge in [0.15, 0.2) is 0 Å². The van der Waals surface area contributed by atoms with Gasteiger partial charge in [-0.15, -0.1) is 0 Å². The standard InChI is InChI=1S/C10H8O3/c1-6-9(11)7-4-2-3-5-8(7)13-10(6)12/h2-5,11H,1H3. The first-order valence-corrected chi connectivity index (χ1v) is 3.91. The molecule has 1 heterocycles. The number of fused-ring (bicyclic) bond motifs is 1. The van der Waals surface area contributed by atoms with Crippen molar-refractivity contribution in [2.75, 3.05) is 0 Å². The molecule has 2 aromatic rings. The fraction of sp³-hybridized carbons (Fsp3) is 0.100. The molecule has 0 spiro atoms. The summed E-state index contributed by atoms with van der Waals surface area (Å²) in [5.74, 6) is 0.00634. The Labute approximate surface area is 74.2 Å². The Morgan fingerprint density at radius 2 is 2.00 bits per heavy atom. The summed E-state index contributed by atoms with van der Waals surface area (Å²) in [7, 11) is 0. The molecule has 0 unspecified atom stereocenters. The topological polar surface area (TPSA) is 50.4 Å². The highest BCUT2D eigenvalue weighted by molar-refractivity contribution is 5.83. The van der Waals surface area contributed by atoms with E-state index < -0.39 is 5.63 Å². The van der Waals surface area contributed by atoms with Crippen LogP contribution in [-0.2, 0) is 0 Å². The molecule has 66 valence electrons. The number of hydrogen-bond donors (Lipinski definition) is 1. The molecule has 1 N–H and O–H groups in total. The lowest BCUT2D eigenvalue weighted by molar-refractivity contribution is 0.461. The van der Waals surface area contributed by atoms with E-state index >= 15 is 0 Å². The van der Waals surface area contributed by atoms with Gasteiger partial charge in [-0.3, -0.25) is 0 Å². The maximum Gasteiger partial charge on any atom is 0.342 e. The minimum Gasteiger partial charge on any atom is -0.507 e. The second kappa shape index (κ2) is 2.62. The van der Waals surface area contributed by atoms with Crippen LogP contribution in [0.3, 0.4) is 0 Å². The van der Waals surface area contributed by atoms with Crippen LogP contribution in [0.1, 0.15) is 5.56 Å². The summed E-state index contributed by atoms with van der Waals surface area (Å²) in [6, 6.07) is 6.89. The monoisotopic (exact) mass is 176 g/mol. The van der Waals surface area contributed by atoms with E-state index in [1.165, 1.54) is 6.92 Å². The normalized spacial score (nSPS) is 10.5. The van der Waals surface area contributed by atoms with Crippen LogP contribution < -0.4 is 5.63 Å². The van der Waals surface area contributed by atoms with Crippen LogP contribution >= 0.6 is 0 Å². The van der Waals surface area contributed by atoms with Crippen molar-refractivity contribution >= 4 is 11.0 Å². The zero-order chi connectivity index (χ0) is 9.42. The molecule has 3 nitrogen and oxygen atoms in total. The van der Waals surface area contributed by atoms with Gasteiger partial charge in [-0.2, -0.15) is 0 Å². The molecule has 0 aliphatic carbocycles. The van der Waals surface area contributed by atoms with E-state index in [4.69, 9.17) is 4.42 Å². The largest absolute Gasteiger partial charge is 0.507 e. The molecule has 0 saturated carbocycles. The van der Waals surface area contributed by atoms with Crippen LogP contribution in [0, 0.1) is 6.92 Å². The van der Waals surface area contributed by atoms with Crippen molar-refractivity contribution in [1.29, 1.82) is 0 Å². The van der Waals surface area contributed by atoms with Crippen molar-refractivity contribution in [2.24, 2.45) is 0 Å². The van der Waals surface area contributed by atoms with Gasteiger partial charge in [0.1, 0.15) is 11.3 Å². The van der Waals surface area contributed by atoms with Gasteiger partial charge in [0.05, 0.1) is 10.9 Å². The van der Waals surface area contributed by atoms with E-state index in [9.17, 15) is 9.90 Å². The van der Waals surface area contributed by atoms with Crippen molar-refractivity contribution in [3.8, 4) is 5.75 Å². The molecule has 0 radical (unpaired) electrons. The first-order chi connectivity index (χ1) is 6.20. The molecule has 0 fully saturated rings. The summed E-state index contributed by atoms with van der Waals surface area (Å²) in [4.78, 5) is 11.1. The average molecular weight is 176 g/mol. The predicted molar refractivity (Wildman–Crippen MR) is 48.9 cm³/mol. The van der Waals surface area contributed by atoms with E-state index in [1.54, 1.807) is 24.3 Å². The number of hydrogen-bond acceptors (Lipinski definition) is 3. The third-order valence-corrected chi connectivity index (χ3v) is 2.01. The summed E-state index contributed by atoms with van der Waals surface area (Å²) in [5.41, 5.74) is 0.172.